The molecule has 0 heterocycles. The highest BCUT2D eigenvalue weighted by Crippen LogP contribution is 2.35. The largest absolute Gasteiger partial charge is 0.495 e. The Hall–Kier alpha value is -4.05. The molecule has 11 heteroatoms. The maximum absolute atomic E-state index is 14.7. The number of hydrogen-bond donors (Lipinski definition) is 1. The highest BCUT2D eigenvalue weighted by molar-refractivity contribution is 7.92. The fourth-order valence-electron chi connectivity index (χ4n) is 6.02. The number of ether oxygens (including phenoxy) is 1. The molecule has 4 aromatic carbocycles. The summed E-state index contributed by atoms with van der Waals surface area (Å²) >= 11 is 12.7. The number of carbonyl (C=O) groups excluding carboxylic acids is 2. The number of carbonyl (C=O) groups is 2. The molecule has 5 rings (SSSR count). The van der Waals surface area contributed by atoms with Crippen LogP contribution in [0.4, 0.5) is 5.69 Å². The minimum Gasteiger partial charge on any atom is -0.495 e. The van der Waals surface area contributed by atoms with E-state index in [-0.39, 0.29) is 46.3 Å². The molecule has 0 bridgehead atoms. The quantitative estimate of drug-likeness (QED) is 0.158. The van der Waals surface area contributed by atoms with Gasteiger partial charge >= 0.3 is 0 Å². The van der Waals surface area contributed by atoms with Crippen molar-refractivity contribution < 1.29 is 22.7 Å². The van der Waals surface area contributed by atoms with Crippen LogP contribution in [0.3, 0.4) is 0 Å². The zero-order valence-electron chi connectivity index (χ0n) is 26.7. The van der Waals surface area contributed by atoms with Gasteiger partial charge < -0.3 is 15.0 Å². The molecule has 0 spiro atoms. The molecule has 252 valence electrons. The van der Waals surface area contributed by atoms with Gasteiger partial charge in [-0.05, 0) is 66.4 Å². The predicted octanol–water partition coefficient (Wildman–Crippen LogP) is 7.29. The van der Waals surface area contributed by atoms with Crippen molar-refractivity contribution in [3.05, 3.63) is 124 Å². The summed E-state index contributed by atoms with van der Waals surface area (Å²) in [4.78, 5) is 30.4. The van der Waals surface area contributed by atoms with Crippen LogP contribution in [0.2, 0.25) is 10.0 Å². The summed E-state index contributed by atoms with van der Waals surface area (Å²) in [5.74, 6) is -0.667. The van der Waals surface area contributed by atoms with Crippen molar-refractivity contribution >= 4 is 50.7 Å². The molecular weight excluding hydrogens is 669 g/mol. The first-order chi connectivity index (χ1) is 23.2. The molecule has 8 nitrogen and oxygen atoms in total. The first-order valence-electron chi connectivity index (χ1n) is 16.0. The molecule has 0 aromatic heterocycles. The topological polar surface area (TPSA) is 96.0 Å². The Balaban J connectivity index is 1.60. The van der Waals surface area contributed by atoms with E-state index in [1.165, 1.54) is 30.2 Å². The van der Waals surface area contributed by atoms with Crippen LogP contribution in [0.25, 0.3) is 0 Å². The third-order valence-corrected chi connectivity index (χ3v) is 10.7. The number of anilines is 1. The van der Waals surface area contributed by atoms with Crippen molar-refractivity contribution in [3.63, 3.8) is 0 Å². The van der Waals surface area contributed by atoms with Crippen molar-refractivity contribution in [2.45, 2.75) is 62.0 Å². The normalized spacial score (nSPS) is 14.1. The maximum atomic E-state index is 14.7. The molecule has 0 unspecified atom stereocenters. The summed E-state index contributed by atoms with van der Waals surface area (Å²) in [5.41, 5.74) is 1.64. The second kappa shape index (κ2) is 16.4. The van der Waals surface area contributed by atoms with Crippen LogP contribution < -0.4 is 14.4 Å². The molecule has 1 aliphatic carbocycles. The lowest BCUT2D eigenvalue weighted by atomic mass is 9.94. The molecule has 1 fully saturated rings. The van der Waals surface area contributed by atoms with E-state index in [9.17, 15) is 18.0 Å². The van der Waals surface area contributed by atoms with E-state index in [2.05, 4.69) is 5.32 Å². The standard InChI is InChI=1S/C37H39Cl2N3O5S/c1-47-35-21-20-30(39)24-33(35)42(48(45,46)32-18-9-4-10-19-32)26-36(43)41(25-28-14-11-15-29(38)22-28)34(23-27-12-5-2-6-13-27)37(44)40-31-16-7-3-8-17-31/h2,4-6,9-15,18-22,24,31,34H,3,7-8,16-17,23,25-26H2,1H3,(H,40,44)/t34-/m0/s1. The van der Waals surface area contributed by atoms with Gasteiger partial charge in [0.05, 0.1) is 17.7 Å². The summed E-state index contributed by atoms with van der Waals surface area (Å²) < 4.78 is 35.1. The number of rotatable bonds is 13. The highest BCUT2D eigenvalue weighted by atomic mass is 35.5. The molecule has 0 aliphatic heterocycles. The molecule has 0 saturated heterocycles. The molecule has 2 amide bonds. The zero-order valence-corrected chi connectivity index (χ0v) is 29.1. The average Bonchev–Trinajstić information content (AvgIpc) is 3.09. The molecule has 1 saturated carbocycles. The first-order valence-corrected chi connectivity index (χ1v) is 18.1. The van der Waals surface area contributed by atoms with Crippen LogP contribution in [0, 0.1) is 0 Å². The molecule has 0 radical (unpaired) electrons. The van der Waals surface area contributed by atoms with Crippen molar-refractivity contribution in [1.82, 2.24) is 10.2 Å². The number of halogens is 2. The van der Waals surface area contributed by atoms with Gasteiger partial charge in [0.25, 0.3) is 10.0 Å². The van der Waals surface area contributed by atoms with Gasteiger partial charge in [-0.25, -0.2) is 8.42 Å². The highest BCUT2D eigenvalue weighted by Gasteiger charge is 2.36. The first kappa shape index (κ1) is 35.3. The molecular formula is C37H39Cl2N3O5S. The number of benzene rings is 4. The summed E-state index contributed by atoms with van der Waals surface area (Å²) in [6.07, 6.45) is 5.11. The van der Waals surface area contributed by atoms with E-state index in [4.69, 9.17) is 27.9 Å². The lowest BCUT2D eigenvalue weighted by Crippen LogP contribution is -2.55. The Morgan fingerprint density at radius 3 is 2.15 bits per heavy atom. The van der Waals surface area contributed by atoms with Gasteiger partial charge in [0.15, 0.2) is 0 Å². The fourth-order valence-corrected chi connectivity index (χ4v) is 7.84. The summed E-state index contributed by atoms with van der Waals surface area (Å²) in [5, 5.41) is 3.95. The molecule has 48 heavy (non-hydrogen) atoms. The second-order valence-electron chi connectivity index (χ2n) is 11.8. The number of nitrogens with one attached hydrogen (secondary N) is 1. The zero-order chi connectivity index (χ0) is 34.1. The molecule has 1 aliphatic rings. The molecule has 1 N–H and O–H groups in total. The Bertz CT molecular complexity index is 1800. The molecule has 1 atom stereocenters. The van der Waals surface area contributed by atoms with Crippen LogP contribution in [-0.2, 0) is 32.6 Å². The van der Waals surface area contributed by atoms with Crippen LogP contribution in [0.1, 0.15) is 43.2 Å². The van der Waals surface area contributed by atoms with Crippen LogP contribution in [0.15, 0.2) is 108 Å². The van der Waals surface area contributed by atoms with Crippen molar-refractivity contribution in [2.75, 3.05) is 18.0 Å². The monoisotopic (exact) mass is 707 g/mol. The van der Waals surface area contributed by atoms with Crippen LogP contribution in [0.5, 0.6) is 5.75 Å². The van der Waals surface area contributed by atoms with Gasteiger partial charge in [-0.1, -0.05) is 103 Å². The summed E-state index contributed by atoms with van der Waals surface area (Å²) in [6, 6.07) is 28.0. The number of methoxy groups -OCH3 is 1. The Morgan fingerprint density at radius 2 is 1.48 bits per heavy atom. The number of amides is 2. The number of sulfonamides is 1. The molecule has 4 aromatic rings. The van der Waals surface area contributed by atoms with Gasteiger partial charge in [0, 0.05) is 29.1 Å². The van der Waals surface area contributed by atoms with E-state index in [1.54, 1.807) is 48.5 Å². The predicted molar refractivity (Wildman–Crippen MR) is 190 cm³/mol. The van der Waals surface area contributed by atoms with Gasteiger partial charge in [-0.15, -0.1) is 0 Å². The van der Waals surface area contributed by atoms with Gasteiger partial charge in [-0.3, -0.25) is 13.9 Å². The number of nitrogens with zero attached hydrogens (tertiary/aromatic N) is 2. The Morgan fingerprint density at radius 1 is 0.833 bits per heavy atom. The van der Waals surface area contributed by atoms with Gasteiger partial charge in [0.1, 0.15) is 18.3 Å². The van der Waals surface area contributed by atoms with Crippen molar-refractivity contribution in [3.8, 4) is 5.75 Å². The van der Waals surface area contributed by atoms with Gasteiger partial charge in [-0.2, -0.15) is 0 Å². The lowest BCUT2D eigenvalue weighted by Gasteiger charge is -2.35. The van der Waals surface area contributed by atoms with E-state index in [0.29, 0.717) is 10.6 Å². The third-order valence-electron chi connectivity index (χ3n) is 8.48. The van der Waals surface area contributed by atoms with Crippen LogP contribution >= 0.6 is 23.2 Å². The van der Waals surface area contributed by atoms with E-state index in [1.807, 2.05) is 36.4 Å². The summed E-state index contributed by atoms with van der Waals surface area (Å²) in [6.45, 7) is -0.614. The fraction of sp³-hybridized carbons (Fsp3) is 0.297. The van der Waals surface area contributed by atoms with Crippen LogP contribution in [-0.4, -0.2) is 50.9 Å². The minimum atomic E-state index is -4.31. The average molecular weight is 709 g/mol. The Labute approximate surface area is 292 Å². The third kappa shape index (κ3) is 8.89. The maximum Gasteiger partial charge on any atom is 0.264 e. The van der Waals surface area contributed by atoms with Crippen molar-refractivity contribution in [1.29, 1.82) is 0 Å². The van der Waals surface area contributed by atoms with E-state index >= 15 is 0 Å². The van der Waals surface area contributed by atoms with E-state index < -0.39 is 28.5 Å². The van der Waals surface area contributed by atoms with Crippen molar-refractivity contribution in [2.24, 2.45) is 0 Å². The Kier molecular flexibility index (Phi) is 12.0. The SMILES string of the molecule is COc1ccc(Cl)cc1N(CC(=O)N(Cc1cccc(Cl)c1)[C@@H](Cc1ccccc1)C(=O)NC1CCCCC1)S(=O)(=O)c1ccccc1. The minimum absolute atomic E-state index is 0.00155. The second-order valence-corrected chi connectivity index (χ2v) is 14.6. The van der Waals surface area contributed by atoms with E-state index in [0.717, 1.165) is 42.0 Å². The lowest BCUT2D eigenvalue weighted by molar-refractivity contribution is -0.140. The number of hydrogen-bond acceptors (Lipinski definition) is 5. The smallest absolute Gasteiger partial charge is 0.264 e. The van der Waals surface area contributed by atoms with Gasteiger partial charge in [0.2, 0.25) is 11.8 Å². The summed E-state index contributed by atoms with van der Waals surface area (Å²) in [7, 11) is -2.90.